The van der Waals surface area contributed by atoms with E-state index in [1.54, 1.807) is 0 Å². The fourth-order valence-electron chi connectivity index (χ4n) is 5.69. The van der Waals surface area contributed by atoms with Crippen molar-refractivity contribution in [2.45, 2.75) is 55.9 Å². The molecule has 0 radical (unpaired) electrons. The van der Waals surface area contributed by atoms with Gasteiger partial charge < -0.3 is 9.84 Å². The van der Waals surface area contributed by atoms with E-state index in [0.29, 0.717) is 17.8 Å². The summed E-state index contributed by atoms with van der Waals surface area (Å²) in [6.07, 6.45) is 8.17. The molecule has 2 saturated carbocycles. The van der Waals surface area contributed by atoms with Crippen LogP contribution in [0.25, 0.3) is 0 Å². The van der Waals surface area contributed by atoms with Gasteiger partial charge in [0.15, 0.2) is 0 Å². The van der Waals surface area contributed by atoms with E-state index in [2.05, 4.69) is 47.6 Å². The first-order valence-corrected chi connectivity index (χ1v) is 9.57. The van der Waals surface area contributed by atoms with Crippen molar-refractivity contribution < 1.29 is 9.84 Å². The largest absolute Gasteiger partial charge is 0.466 e. The summed E-state index contributed by atoms with van der Waals surface area (Å²) in [6.45, 7) is 5.94. The van der Waals surface area contributed by atoms with Crippen LogP contribution >= 0.6 is 15.9 Å². The molecule has 0 heterocycles. The van der Waals surface area contributed by atoms with E-state index >= 15 is 0 Å². The maximum absolute atomic E-state index is 10.8. The van der Waals surface area contributed by atoms with E-state index in [1.165, 1.54) is 30.2 Å². The molecule has 0 aliphatic heterocycles. The van der Waals surface area contributed by atoms with E-state index < -0.39 is 4.51 Å². The molecule has 23 heavy (non-hydrogen) atoms. The molecule has 3 aliphatic carbocycles. The molecule has 1 N–H and O–H groups in total. The first kappa shape index (κ1) is 15.7. The number of hydrogen-bond acceptors (Lipinski definition) is 2. The first-order valence-electron chi connectivity index (χ1n) is 8.78. The first-order chi connectivity index (χ1) is 11.0. The molecule has 1 aromatic rings. The van der Waals surface area contributed by atoms with Gasteiger partial charge in [-0.2, -0.15) is 0 Å². The van der Waals surface area contributed by atoms with E-state index in [4.69, 9.17) is 4.74 Å². The minimum Gasteiger partial charge on any atom is -0.466 e. The average molecular weight is 377 g/mol. The molecular formula is C20H25BrO2. The molecule has 0 bridgehead atoms. The normalized spacial score (nSPS) is 41.6. The van der Waals surface area contributed by atoms with Gasteiger partial charge in [0, 0.05) is 5.41 Å². The van der Waals surface area contributed by atoms with Gasteiger partial charge in [-0.1, -0.05) is 35.5 Å². The van der Waals surface area contributed by atoms with Gasteiger partial charge in [-0.15, -0.1) is 0 Å². The van der Waals surface area contributed by atoms with Gasteiger partial charge in [-0.05, 0) is 79.5 Å². The minimum atomic E-state index is -0.669. The zero-order chi connectivity index (χ0) is 16.2. The van der Waals surface area contributed by atoms with Gasteiger partial charge in [-0.25, -0.2) is 0 Å². The van der Waals surface area contributed by atoms with E-state index in [0.717, 1.165) is 31.4 Å². The fourth-order valence-corrected chi connectivity index (χ4v) is 6.41. The molecule has 124 valence electrons. The highest BCUT2D eigenvalue weighted by molar-refractivity contribution is 9.10. The number of fused-ring (bicyclic) bond motifs is 5. The lowest BCUT2D eigenvalue weighted by atomic mass is 9.55. The van der Waals surface area contributed by atoms with Crippen LogP contribution in [0.1, 0.15) is 56.1 Å². The van der Waals surface area contributed by atoms with Gasteiger partial charge in [0.2, 0.25) is 0 Å². The Labute approximate surface area is 147 Å². The van der Waals surface area contributed by atoms with Crippen molar-refractivity contribution in [2.75, 3.05) is 0 Å². The molecule has 5 atom stereocenters. The summed E-state index contributed by atoms with van der Waals surface area (Å²) in [4.78, 5) is 0. The van der Waals surface area contributed by atoms with Crippen LogP contribution in [0.15, 0.2) is 31.0 Å². The number of alkyl halides is 1. The van der Waals surface area contributed by atoms with Crippen LogP contribution in [0, 0.1) is 17.3 Å². The van der Waals surface area contributed by atoms with Crippen molar-refractivity contribution in [3.8, 4) is 5.75 Å². The van der Waals surface area contributed by atoms with Gasteiger partial charge >= 0.3 is 0 Å². The third-order valence-corrected chi connectivity index (χ3v) is 8.27. The van der Waals surface area contributed by atoms with Crippen molar-refractivity contribution >= 4 is 15.9 Å². The Kier molecular flexibility index (Phi) is 3.66. The molecule has 4 rings (SSSR count). The fraction of sp³-hybridized carbons (Fsp3) is 0.600. The molecule has 0 saturated heterocycles. The lowest BCUT2D eigenvalue weighted by Crippen LogP contribution is -2.47. The Balaban J connectivity index is 1.67. The van der Waals surface area contributed by atoms with E-state index in [9.17, 15) is 5.11 Å². The topological polar surface area (TPSA) is 29.5 Å². The third kappa shape index (κ3) is 2.23. The number of halogens is 1. The lowest BCUT2D eigenvalue weighted by molar-refractivity contribution is -0.0392. The Morgan fingerprint density at radius 1 is 1.30 bits per heavy atom. The summed E-state index contributed by atoms with van der Waals surface area (Å²) < 4.78 is 4.78. The summed E-state index contributed by atoms with van der Waals surface area (Å²) in [5, 5.41) is 10.8. The highest BCUT2D eigenvalue weighted by Crippen LogP contribution is 2.65. The van der Waals surface area contributed by atoms with E-state index in [1.807, 2.05) is 0 Å². The Morgan fingerprint density at radius 2 is 2.13 bits per heavy atom. The van der Waals surface area contributed by atoms with Crippen LogP contribution in [-0.4, -0.2) is 9.62 Å². The second-order valence-electron chi connectivity index (χ2n) is 7.81. The molecular weight excluding hydrogens is 352 g/mol. The minimum absolute atomic E-state index is 0.0254. The van der Waals surface area contributed by atoms with Crippen LogP contribution < -0.4 is 4.74 Å². The number of aryl methyl sites for hydroxylation is 1. The summed E-state index contributed by atoms with van der Waals surface area (Å²) in [5.74, 6) is 2.88. The number of benzene rings is 1. The van der Waals surface area contributed by atoms with Crippen LogP contribution in [0.2, 0.25) is 0 Å². The van der Waals surface area contributed by atoms with Gasteiger partial charge in [0.1, 0.15) is 10.3 Å². The molecule has 0 aromatic heterocycles. The average Bonchev–Trinajstić information content (AvgIpc) is 2.77. The van der Waals surface area contributed by atoms with Crippen LogP contribution in [-0.2, 0) is 6.42 Å². The second-order valence-corrected chi connectivity index (χ2v) is 9.13. The van der Waals surface area contributed by atoms with Crippen LogP contribution in [0.3, 0.4) is 0 Å². The van der Waals surface area contributed by atoms with Crippen molar-refractivity contribution in [2.24, 2.45) is 17.3 Å². The lowest BCUT2D eigenvalue weighted by Gasteiger charge is -2.51. The molecule has 3 heteroatoms. The van der Waals surface area contributed by atoms with E-state index in [-0.39, 0.29) is 5.41 Å². The standard InChI is InChI=1S/C20H25BrO2/c1-3-23-14-5-7-15-13(12-14)4-6-17-16(15)8-10-19(2)18(17)9-11-20(19,21)22/h3,5,7,12,16-18,22H,1,4,6,8-11H2,2H3/t16-,17-,18+,19+,20+/m1/s1. The van der Waals surface area contributed by atoms with Crippen LogP contribution in [0.4, 0.5) is 0 Å². The number of hydrogen-bond donors (Lipinski definition) is 1. The molecule has 0 spiro atoms. The van der Waals surface area contributed by atoms with Crippen molar-refractivity contribution in [3.63, 3.8) is 0 Å². The predicted molar refractivity (Wildman–Crippen MR) is 95.8 cm³/mol. The Hall–Kier alpha value is -0.800. The highest BCUT2D eigenvalue weighted by Gasteiger charge is 2.60. The zero-order valence-electron chi connectivity index (χ0n) is 13.7. The van der Waals surface area contributed by atoms with Crippen molar-refractivity contribution in [1.29, 1.82) is 0 Å². The second kappa shape index (κ2) is 5.35. The predicted octanol–water partition coefficient (Wildman–Crippen LogP) is 5.15. The summed E-state index contributed by atoms with van der Waals surface area (Å²) in [6, 6.07) is 6.53. The summed E-state index contributed by atoms with van der Waals surface area (Å²) in [7, 11) is 0. The number of aliphatic hydroxyl groups is 1. The third-order valence-electron chi connectivity index (χ3n) is 6.97. The van der Waals surface area contributed by atoms with Gasteiger partial charge in [-0.3, -0.25) is 0 Å². The quantitative estimate of drug-likeness (QED) is 0.571. The highest BCUT2D eigenvalue weighted by atomic mass is 79.9. The molecule has 0 amide bonds. The maximum atomic E-state index is 10.8. The Bertz CT molecular complexity index is 639. The smallest absolute Gasteiger partial charge is 0.126 e. The monoisotopic (exact) mass is 376 g/mol. The number of rotatable bonds is 2. The van der Waals surface area contributed by atoms with Gasteiger partial charge in [0.05, 0.1) is 6.26 Å². The number of ether oxygens (including phenoxy) is 1. The molecule has 2 fully saturated rings. The van der Waals surface area contributed by atoms with Crippen molar-refractivity contribution in [3.05, 3.63) is 42.2 Å². The van der Waals surface area contributed by atoms with Gasteiger partial charge in [0.25, 0.3) is 0 Å². The van der Waals surface area contributed by atoms with Crippen molar-refractivity contribution in [1.82, 2.24) is 0 Å². The summed E-state index contributed by atoms with van der Waals surface area (Å²) >= 11 is 3.64. The maximum Gasteiger partial charge on any atom is 0.126 e. The summed E-state index contributed by atoms with van der Waals surface area (Å²) in [5.41, 5.74) is 2.99. The molecule has 1 aromatic carbocycles. The zero-order valence-corrected chi connectivity index (χ0v) is 15.3. The van der Waals surface area contributed by atoms with Crippen LogP contribution in [0.5, 0.6) is 5.75 Å². The molecule has 0 unspecified atom stereocenters. The SMILES string of the molecule is C=COc1ccc2c(c1)CC[C@@H]1[C@@H]2CC[C@@]2(C)[C@H]1CC[C@@]2(O)Br. The molecule has 3 aliphatic rings. The Morgan fingerprint density at radius 3 is 2.91 bits per heavy atom. The molecule has 2 nitrogen and oxygen atoms in total.